The lowest BCUT2D eigenvalue weighted by atomic mass is 10.0. The molecular formula is C9H15NO. The molecule has 0 amide bonds. The Kier molecular flexibility index (Phi) is 2.71. The van der Waals surface area contributed by atoms with Crippen LogP contribution in [0.15, 0.2) is 23.9 Å². The monoisotopic (exact) mass is 153 g/mol. The van der Waals surface area contributed by atoms with Gasteiger partial charge in [0.05, 0.1) is 6.10 Å². The molecule has 0 fully saturated rings. The van der Waals surface area contributed by atoms with Gasteiger partial charge in [0.25, 0.3) is 0 Å². The molecule has 0 radical (unpaired) electrons. The zero-order chi connectivity index (χ0) is 8.27. The van der Waals surface area contributed by atoms with E-state index in [0.29, 0.717) is 5.92 Å². The van der Waals surface area contributed by atoms with Gasteiger partial charge in [-0.3, -0.25) is 0 Å². The van der Waals surface area contributed by atoms with Gasteiger partial charge in [-0.1, -0.05) is 12.2 Å². The Hall–Kier alpha value is -0.760. The van der Waals surface area contributed by atoms with E-state index in [1.54, 1.807) is 6.92 Å². The van der Waals surface area contributed by atoms with E-state index in [-0.39, 0.29) is 6.10 Å². The van der Waals surface area contributed by atoms with Crippen LogP contribution in [0.1, 0.15) is 19.8 Å². The first-order valence-electron chi connectivity index (χ1n) is 4.02. The van der Waals surface area contributed by atoms with Crippen LogP contribution in [0.25, 0.3) is 0 Å². The second-order valence-electron chi connectivity index (χ2n) is 3.08. The summed E-state index contributed by atoms with van der Waals surface area (Å²) in [6.07, 6.45) is 7.55. The fraction of sp³-hybridized carbons (Fsp3) is 0.556. The van der Waals surface area contributed by atoms with Crippen LogP contribution in [0.5, 0.6) is 0 Å². The average molecular weight is 153 g/mol. The molecule has 0 spiro atoms. The molecule has 62 valence electrons. The summed E-state index contributed by atoms with van der Waals surface area (Å²) in [4.78, 5) is 0. The molecule has 2 atom stereocenters. The maximum Gasteiger partial charge on any atom is 0.0512 e. The van der Waals surface area contributed by atoms with Gasteiger partial charge >= 0.3 is 0 Å². The molecule has 3 N–H and O–H groups in total. The molecule has 0 saturated heterocycles. The SMILES string of the molecule is CC(O)CCC1C=CC=C1N. The second kappa shape index (κ2) is 3.58. The summed E-state index contributed by atoms with van der Waals surface area (Å²) in [5.74, 6) is 0.365. The van der Waals surface area contributed by atoms with Gasteiger partial charge in [-0.2, -0.15) is 0 Å². The highest BCUT2D eigenvalue weighted by molar-refractivity contribution is 5.24. The predicted octanol–water partition coefficient (Wildman–Crippen LogP) is 1.18. The lowest BCUT2D eigenvalue weighted by molar-refractivity contribution is 0.178. The number of nitrogens with two attached hydrogens (primary N) is 1. The summed E-state index contributed by atoms with van der Waals surface area (Å²) in [5.41, 5.74) is 6.60. The Labute approximate surface area is 67.4 Å². The molecule has 2 unspecified atom stereocenters. The zero-order valence-corrected chi connectivity index (χ0v) is 6.83. The van der Waals surface area contributed by atoms with E-state index in [2.05, 4.69) is 6.08 Å². The van der Waals surface area contributed by atoms with Crippen molar-refractivity contribution in [2.45, 2.75) is 25.9 Å². The van der Waals surface area contributed by atoms with Crippen LogP contribution in [-0.4, -0.2) is 11.2 Å². The summed E-state index contributed by atoms with van der Waals surface area (Å²) < 4.78 is 0. The molecule has 0 saturated carbocycles. The first-order chi connectivity index (χ1) is 5.20. The molecular weight excluding hydrogens is 138 g/mol. The molecule has 0 heterocycles. The number of hydrogen-bond acceptors (Lipinski definition) is 2. The number of aliphatic hydroxyl groups is 1. The van der Waals surface area contributed by atoms with Gasteiger partial charge in [-0.25, -0.2) is 0 Å². The summed E-state index contributed by atoms with van der Waals surface area (Å²) in [6, 6.07) is 0. The van der Waals surface area contributed by atoms with E-state index in [1.807, 2.05) is 12.2 Å². The van der Waals surface area contributed by atoms with E-state index in [0.717, 1.165) is 18.5 Å². The van der Waals surface area contributed by atoms with Crippen LogP contribution in [0.4, 0.5) is 0 Å². The number of aliphatic hydroxyl groups excluding tert-OH is 1. The highest BCUT2D eigenvalue weighted by atomic mass is 16.3. The van der Waals surface area contributed by atoms with Crippen LogP contribution in [0, 0.1) is 5.92 Å². The van der Waals surface area contributed by atoms with Crippen molar-refractivity contribution in [2.24, 2.45) is 11.7 Å². The molecule has 11 heavy (non-hydrogen) atoms. The van der Waals surface area contributed by atoms with Crippen molar-refractivity contribution in [1.82, 2.24) is 0 Å². The molecule has 2 heteroatoms. The standard InChI is InChI=1S/C9H15NO/c1-7(11)5-6-8-3-2-4-9(8)10/h2-4,7-8,11H,5-6,10H2,1H3. The van der Waals surface area contributed by atoms with Crippen LogP contribution >= 0.6 is 0 Å². The fourth-order valence-electron chi connectivity index (χ4n) is 1.22. The maximum atomic E-state index is 9.01. The Morgan fingerprint density at radius 1 is 1.73 bits per heavy atom. The van der Waals surface area contributed by atoms with Gasteiger partial charge in [-0.05, 0) is 25.8 Å². The van der Waals surface area contributed by atoms with Crippen molar-refractivity contribution in [2.75, 3.05) is 0 Å². The number of rotatable bonds is 3. The first-order valence-corrected chi connectivity index (χ1v) is 4.02. The quantitative estimate of drug-likeness (QED) is 0.639. The molecule has 1 aliphatic carbocycles. The van der Waals surface area contributed by atoms with Gasteiger partial charge in [0.15, 0.2) is 0 Å². The normalized spacial score (nSPS) is 25.3. The zero-order valence-electron chi connectivity index (χ0n) is 6.83. The van der Waals surface area contributed by atoms with Crippen molar-refractivity contribution in [3.05, 3.63) is 23.9 Å². The Bertz CT molecular complexity index is 182. The van der Waals surface area contributed by atoms with Gasteiger partial charge in [-0.15, -0.1) is 0 Å². The third-order valence-corrected chi connectivity index (χ3v) is 1.96. The van der Waals surface area contributed by atoms with E-state index < -0.39 is 0 Å². The smallest absolute Gasteiger partial charge is 0.0512 e. The molecule has 1 rings (SSSR count). The third kappa shape index (κ3) is 2.39. The molecule has 0 bridgehead atoms. The summed E-state index contributed by atoms with van der Waals surface area (Å²) in [6.45, 7) is 1.80. The minimum atomic E-state index is -0.211. The average Bonchev–Trinajstić information content (AvgIpc) is 2.31. The van der Waals surface area contributed by atoms with Gasteiger partial charge in [0, 0.05) is 11.6 Å². The Morgan fingerprint density at radius 2 is 2.45 bits per heavy atom. The van der Waals surface area contributed by atoms with Crippen molar-refractivity contribution >= 4 is 0 Å². The predicted molar refractivity (Wildman–Crippen MR) is 45.8 cm³/mol. The van der Waals surface area contributed by atoms with Crippen molar-refractivity contribution < 1.29 is 5.11 Å². The molecule has 0 aliphatic heterocycles. The Morgan fingerprint density at radius 3 is 2.91 bits per heavy atom. The van der Waals surface area contributed by atoms with Crippen LogP contribution in [0.3, 0.4) is 0 Å². The molecule has 1 aliphatic rings. The largest absolute Gasteiger partial charge is 0.402 e. The summed E-state index contributed by atoms with van der Waals surface area (Å²) in [5, 5.41) is 9.01. The summed E-state index contributed by atoms with van der Waals surface area (Å²) >= 11 is 0. The molecule has 0 aromatic heterocycles. The van der Waals surface area contributed by atoms with Gasteiger partial charge in [0.1, 0.15) is 0 Å². The Balaban J connectivity index is 2.28. The van der Waals surface area contributed by atoms with Gasteiger partial charge < -0.3 is 10.8 Å². The van der Waals surface area contributed by atoms with Crippen LogP contribution < -0.4 is 5.73 Å². The van der Waals surface area contributed by atoms with E-state index in [1.165, 1.54) is 0 Å². The maximum absolute atomic E-state index is 9.01. The first kappa shape index (κ1) is 8.34. The van der Waals surface area contributed by atoms with Crippen molar-refractivity contribution in [3.63, 3.8) is 0 Å². The molecule has 2 nitrogen and oxygen atoms in total. The van der Waals surface area contributed by atoms with Crippen LogP contribution in [0.2, 0.25) is 0 Å². The lowest BCUT2D eigenvalue weighted by Crippen LogP contribution is -2.10. The number of allylic oxidation sites excluding steroid dienone is 3. The van der Waals surface area contributed by atoms with E-state index in [4.69, 9.17) is 10.8 Å². The van der Waals surface area contributed by atoms with Crippen molar-refractivity contribution in [1.29, 1.82) is 0 Å². The minimum Gasteiger partial charge on any atom is -0.402 e. The fourth-order valence-corrected chi connectivity index (χ4v) is 1.22. The van der Waals surface area contributed by atoms with Gasteiger partial charge in [0.2, 0.25) is 0 Å². The number of hydrogen-bond donors (Lipinski definition) is 2. The van der Waals surface area contributed by atoms with E-state index >= 15 is 0 Å². The summed E-state index contributed by atoms with van der Waals surface area (Å²) in [7, 11) is 0. The lowest BCUT2D eigenvalue weighted by Gasteiger charge is -2.10. The van der Waals surface area contributed by atoms with Crippen molar-refractivity contribution in [3.8, 4) is 0 Å². The second-order valence-corrected chi connectivity index (χ2v) is 3.08. The molecule has 0 aromatic rings. The minimum absolute atomic E-state index is 0.211. The molecule has 0 aromatic carbocycles. The van der Waals surface area contributed by atoms with E-state index in [9.17, 15) is 0 Å². The third-order valence-electron chi connectivity index (χ3n) is 1.96. The highest BCUT2D eigenvalue weighted by Crippen LogP contribution is 2.20. The van der Waals surface area contributed by atoms with Crippen LogP contribution in [-0.2, 0) is 0 Å². The highest BCUT2D eigenvalue weighted by Gasteiger charge is 2.11. The topological polar surface area (TPSA) is 46.2 Å².